The molecular weight excluding hydrogens is 352 g/mol. The zero-order valence-corrected chi connectivity index (χ0v) is 14.8. The predicted octanol–water partition coefficient (Wildman–Crippen LogP) is -0.800. The van der Waals surface area contributed by atoms with E-state index >= 15 is 0 Å². The third-order valence-electron chi connectivity index (χ3n) is 3.64. The van der Waals surface area contributed by atoms with Crippen LogP contribution in [0.3, 0.4) is 0 Å². The largest absolute Gasteiger partial charge is 0.339 e. The SMILES string of the molecule is C=CCn1c(=O)n(CC=C)c(=O)n(CC(=O)N(CCC#N)CCC#N)c1=O. The first kappa shape index (κ1) is 21.4. The number of carbonyl (C=O) groups excluding carboxylic acids is 1. The Bertz CT molecular complexity index is 903. The molecule has 10 nitrogen and oxygen atoms in total. The highest BCUT2D eigenvalue weighted by Crippen LogP contribution is 1.96. The molecule has 0 saturated heterocycles. The van der Waals surface area contributed by atoms with E-state index in [0.29, 0.717) is 4.57 Å². The third kappa shape index (κ3) is 5.16. The number of hydrogen-bond acceptors (Lipinski definition) is 6. The van der Waals surface area contributed by atoms with E-state index in [2.05, 4.69) is 13.2 Å². The summed E-state index contributed by atoms with van der Waals surface area (Å²) in [7, 11) is 0. The lowest BCUT2D eigenvalue weighted by Crippen LogP contribution is -2.55. The molecule has 0 radical (unpaired) electrons. The van der Waals surface area contributed by atoms with Crippen LogP contribution in [0.2, 0.25) is 0 Å². The minimum Gasteiger partial charge on any atom is -0.339 e. The van der Waals surface area contributed by atoms with E-state index in [1.807, 2.05) is 12.1 Å². The quantitative estimate of drug-likeness (QED) is 0.494. The molecule has 0 aliphatic heterocycles. The van der Waals surface area contributed by atoms with Gasteiger partial charge >= 0.3 is 17.1 Å². The van der Waals surface area contributed by atoms with Crippen LogP contribution in [0.5, 0.6) is 0 Å². The molecule has 0 spiro atoms. The van der Waals surface area contributed by atoms with E-state index in [-0.39, 0.29) is 39.0 Å². The van der Waals surface area contributed by atoms with Crippen LogP contribution >= 0.6 is 0 Å². The van der Waals surface area contributed by atoms with Crippen LogP contribution in [-0.4, -0.2) is 37.6 Å². The Morgan fingerprint density at radius 3 is 1.67 bits per heavy atom. The number of nitrogens with zero attached hydrogens (tertiary/aromatic N) is 6. The van der Waals surface area contributed by atoms with Gasteiger partial charge in [-0.1, -0.05) is 12.2 Å². The number of rotatable bonds is 10. The Kier molecular flexibility index (Phi) is 8.20. The Hall–Kier alpha value is -3.66. The van der Waals surface area contributed by atoms with Gasteiger partial charge < -0.3 is 4.90 Å². The molecule has 142 valence electrons. The Morgan fingerprint density at radius 1 is 0.889 bits per heavy atom. The molecular formula is C17H20N6O4. The second kappa shape index (κ2) is 10.4. The number of hydrogen-bond donors (Lipinski definition) is 0. The molecule has 0 aromatic carbocycles. The van der Waals surface area contributed by atoms with Gasteiger partial charge in [-0.05, 0) is 0 Å². The number of amides is 1. The van der Waals surface area contributed by atoms with Crippen LogP contribution in [0.4, 0.5) is 0 Å². The van der Waals surface area contributed by atoms with Crippen molar-refractivity contribution >= 4 is 5.91 Å². The zero-order valence-electron chi connectivity index (χ0n) is 14.8. The average Bonchev–Trinajstić information content (AvgIpc) is 2.65. The first-order chi connectivity index (χ1) is 12.9. The van der Waals surface area contributed by atoms with Gasteiger partial charge in [0.15, 0.2) is 0 Å². The summed E-state index contributed by atoms with van der Waals surface area (Å²) in [6.07, 6.45) is 2.74. The molecule has 1 aromatic heterocycles. The molecule has 0 aliphatic rings. The van der Waals surface area contributed by atoms with E-state index in [1.165, 1.54) is 17.1 Å². The van der Waals surface area contributed by atoms with Crippen LogP contribution < -0.4 is 17.1 Å². The van der Waals surface area contributed by atoms with Crippen molar-refractivity contribution < 1.29 is 4.79 Å². The monoisotopic (exact) mass is 372 g/mol. The fourth-order valence-electron chi connectivity index (χ4n) is 2.35. The molecule has 1 amide bonds. The van der Waals surface area contributed by atoms with Crippen molar-refractivity contribution in [1.82, 2.24) is 18.6 Å². The lowest BCUT2D eigenvalue weighted by Gasteiger charge is -2.21. The van der Waals surface area contributed by atoms with Crippen molar-refractivity contribution in [2.75, 3.05) is 13.1 Å². The molecule has 1 aromatic rings. The van der Waals surface area contributed by atoms with Crippen molar-refractivity contribution in [3.05, 3.63) is 56.8 Å². The molecule has 1 heterocycles. The van der Waals surface area contributed by atoms with Crippen molar-refractivity contribution in [3.8, 4) is 12.1 Å². The molecule has 0 N–H and O–H groups in total. The summed E-state index contributed by atoms with van der Waals surface area (Å²) >= 11 is 0. The molecule has 0 unspecified atom stereocenters. The normalized spacial score (nSPS) is 9.85. The van der Waals surface area contributed by atoms with Gasteiger partial charge in [-0.25, -0.2) is 28.1 Å². The molecule has 27 heavy (non-hydrogen) atoms. The summed E-state index contributed by atoms with van der Waals surface area (Å²) in [5.74, 6) is -0.603. The lowest BCUT2D eigenvalue weighted by atomic mass is 10.3. The smallest absolute Gasteiger partial charge is 0.337 e. The van der Waals surface area contributed by atoms with E-state index in [9.17, 15) is 19.2 Å². The maximum atomic E-state index is 12.5. The summed E-state index contributed by atoms with van der Waals surface area (Å²) in [6, 6.07) is 3.79. The highest BCUT2D eigenvalue weighted by molar-refractivity contribution is 5.76. The molecule has 10 heteroatoms. The second-order valence-electron chi connectivity index (χ2n) is 5.43. The number of nitriles is 2. The summed E-state index contributed by atoms with van der Waals surface area (Å²) < 4.78 is 2.24. The fourth-order valence-corrected chi connectivity index (χ4v) is 2.35. The molecule has 0 bridgehead atoms. The Balaban J connectivity index is 3.39. The molecule has 0 aliphatic carbocycles. The summed E-state index contributed by atoms with van der Waals surface area (Å²) in [4.78, 5) is 51.1. The highest BCUT2D eigenvalue weighted by atomic mass is 16.2. The lowest BCUT2D eigenvalue weighted by molar-refractivity contribution is -0.131. The van der Waals surface area contributed by atoms with Crippen molar-refractivity contribution in [1.29, 1.82) is 10.5 Å². The minimum atomic E-state index is -0.931. The topological polar surface area (TPSA) is 134 Å². The van der Waals surface area contributed by atoms with Crippen molar-refractivity contribution in [2.45, 2.75) is 32.5 Å². The maximum Gasteiger partial charge on any atom is 0.337 e. The van der Waals surface area contributed by atoms with Crippen LogP contribution in [0.15, 0.2) is 39.7 Å². The van der Waals surface area contributed by atoms with Gasteiger partial charge in [0.1, 0.15) is 6.54 Å². The maximum absolute atomic E-state index is 12.5. The van der Waals surface area contributed by atoms with Gasteiger partial charge in [0.05, 0.1) is 38.1 Å². The van der Waals surface area contributed by atoms with Crippen molar-refractivity contribution in [2.24, 2.45) is 0 Å². The average molecular weight is 372 g/mol. The van der Waals surface area contributed by atoms with Gasteiger partial charge in [-0.2, -0.15) is 10.5 Å². The van der Waals surface area contributed by atoms with E-state index in [0.717, 1.165) is 9.13 Å². The number of aromatic nitrogens is 3. The Morgan fingerprint density at radius 2 is 1.30 bits per heavy atom. The van der Waals surface area contributed by atoms with Gasteiger partial charge in [0, 0.05) is 13.1 Å². The van der Waals surface area contributed by atoms with E-state index in [4.69, 9.17) is 10.5 Å². The minimum absolute atomic E-state index is 0.0444. The molecule has 0 saturated carbocycles. The molecule has 1 rings (SSSR count). The summed E-state index contributed by atoms with van der Waals surface area (Å²) in [6.45, 7) is 6.21. The van der Waals surface area contributed by atoms with Crippen LogP contribution in [0.1, 0.15) is 12.8 Å². The van der Waals surface area contributed by atoms with E-state index in [1.54, 1.807) is 0 Å². The van der Waals surface area contributed by atoms with Gasteiger partial charge in [0.25, 0.3) is 0 Å². The Labute approximate surface area is 155 Å². The van der Waals surface area contributed by atoms with Crippen molar-refractivity contribution in [3.63, 3.8) is 0 Å². The van der Waals surface area contributed by atoms with Gasteiger partial charge in [-0.15, -0.1) is 13.2 Å². The fraction of sp³-hybridized carbons (Fsp3) is 0.412. The first-order valence-corrected chi connectivity index (χ1v) is 8.10. The van der Waals surface area contributed by atoms with Gasteiger partial charge in [-0.3, -0.25) is 4.79 Å². The first-order valence-electron chi connectivity index (χ1n) is 8.10. The zero-order chi connectivity index (χ0) is 20.4. The molecule has 0 fully saturated rings. The van der Waals surface area contributed by atoms with Crippen LogP contribution in [-0.2, 0) is 24.4 Å². The second-order valence-corrected chi connectivity index (χ2v) is 5.43. The molecule has 0 atom stereocenters. The van der Waals surface area contributed by atoms with Crippen LogP contribution in [0.25, 0.3) is 0 Å². The summed E-state index contributed by atoms with van der Waals surface area (Å²) in [5, 5.41) is 17.4. The van der Waals surface area contributed by atoms with E-state index < -0.39 is 29.5 Å². The van der Waals surface area contributed by atoms with Crippen LogP contribution in [0, 0.1) is 22.7 Å². The predicted molar refractivity (Wildman–Crippen MR) is 96.7 cm³/mol. The number of allylic oxidation sites excluding steroid dienone is 2. The standard InChI is InChI=1S/C17H20N6O4/c1-3-9-21-15(25)22(10-4-2)17(27)23(16(21)26)13-14(24)20(11-5-7-18)12-6-8-19/h3-4H,1-2,5-6,9-13H2. The third-order valence-corrected chi connectivity index (χ3v) is 3.64. The summed E-state index contributed by atoms with van der Waals surface area (Å²) in [5.41, 5.74) is -2.68. The van der Waals surface area contributed by atoms with Gasteiger partial charge in [0.2, 0.25) is 5.91 Å². The highest BCUT2D eigenvalue weighted by Gasteiger charge is 2.19. The number of carbonyl (C=O) groups is 1.